The first kappa shape index (κ1) is 23.6. The summed E-state index contributed by atoms with van der Waals surface area (Å²) in [5, 5.41) is 77.7. The number of aliphatic hydroxyl groups is 8. The molecule has 0 spiro atoms. The highest BCUT2D eigenvalue weighted by atomic mass is 16.7. The molecule has 0 radical (unpaired) electrons. The summed E-state index contributed by atoms with van der Waals surface area (Å²) < 4.78 is 10.8. The summed E-state index contributed by atoms with van der Waals surface area (Å²) in [7, 11) is 0. The van der Waals surface area contributed by atoms with Crippen LogP contribution in [0.25, 0.3) is 0 Å². The van der Waals surface area contributed by atoms with Crippen LogP contribution in [0.2, 0.25) is 0 Å². The highest BCUT2D eigenvalue weighted by molar-refractivity contribution is 4.91. The van der Waals surface area contributed by atoms with E-state index in [1.54, 1.807) is 0 Å². The second-order valence-electron chi connectivity index (χ2n) is 7.87. The van der Waals surface area contributed by atoms with Crippen molar-refractivity contribution in [2.24, 2.45) is 5.41 Å². The molecule has 0 saturated carbocycles. The highest BCUT2D eigenvalue weighted by Crippen LogP contribution is 2.30. The largest absolute Gasteiger partial charge is 0.394 e. The van der Waals surface area contributed by atoms with Crippen molar-refractivity contribution in [1.29, 1.82) is 0 Å². The van der Waals surface area contributed by atoms with Gasteiger partial charge < -0.3 is 50.3 Å². The van der Waals surface area contributed by atoms with Crippen molar-refractivity contribution in [2.75, 3.05) is 13.2 Å². The van der Waals surface area contributed by atoms with E-state index in [9.17, 15) is 35.7 Å². The lowest BCUT2D eigenvalue weighted by Gasteiger charge is -2.42. The zero-order chi connectivity index (χ0) is 20.2. The second-order valence-corrected chi connectivity index (χ2v) is 7.87. The van der Waals surface area contributed by atoms with Crippen molar-refractivity contribution in [3.63, 3.8) is 0 Å². The van der Waals surface area contributed by atoms with Crippen LogP contribution in [-0.2, 0) is 9.47 Å². The Labute approximate surface area is 152 Å². The number of ether oxygens (including phenoxy) is 2. The van der Waals surface area contributed by atoms with Gasteiger partial charge in [0.1, 0.15) is 42.7 Å². The van der Waals surface area contributed by atoms with Crippen LogP contribution in [0, 0.1) is 5.41 Å². The number of hydrogen-bond donors (Lipinski definition) is 8. The van der Waals surface area contributed by atoms with Crippen LogP contribution in [0.5, 0.6) is 0 Å². The molecule has 9 atom stereocenters. The van der Waals surface area contributed by atoms with E-state index in [0.29, 0.717) is 0 Å². The Kier molecular flexibility index (Phi) is 8.81. The zero-order valence-electron chi connectivity index (χ0n) is 15.2. The summed E-state index contributed by atoms with van der Waals surface area (Å²) in [4.78, 5) is 0. The summed E-state index contributed by atoms with van der Waals surface area (Å²) in [5.74, 6) is 0. The van der Waals surface area contributed by atoms with E-state index in [-0.39, 0.29) is 6.42 Å². The van der Waals surface area contributed by atoms with E-state index >= 15 is 0 Å². The summed E-state index contributed by atoms with van der Waals surface area (Å²) in [6.07, 6.45) is -13.5. The van der Waals surface area contributed by atoms with Gasteiger partial charge in [-0.15, -0.1) is 0 Å². The molecule has 0 aliphatic carbocycles. The molecular formula is C16H32O10. The minimum Gasteiger partial charge on any atom is -0.394 e. The maximum atomic E-state index is 10.4. The summed E-state index contributed by atoms with van der Waals surface area (Å²) >= 11 is 0. The molecule has 0 aromatic rings. The SMILES string of the molecule is CC(C)(C)C[C@H](O[C@H]1O[C@H](CO)[C@H](O)[C@H](O)[C@H]1O)[C@@H](O)[C@@H](O)[C@H](O)CO. The minimum atomic E-state index is -1.72. The summed E-state index contributed by atoms with van der Waals surface area (Å²) in [6.45, 7) is 4.08. The average Bonchev–Trinajstić information content (AvgIpc) is 2.58. The monoisotopic (exact) mass is 384 g/mol. The molecular weight excluding hydrogens is 352 g/mol. The Morgan fingerprint density at radius 2 is 1.50 bits per heavy atom. The lowest BCUT2D eigenvalue weighted by atomic mass is 9.85. The predicted molar refractivity (Wildman–Crippen MR) is 87.8 cm³/mol. The fourth-order valence-electron chi connectivity index (χ4n) is 2.76. The molecule has 1 heterocycles. The number of rotatable bonds is 8. The molecule has 0 bridgehead atoms. The third kappa shape index (κ3) is 6.06. The lowest BCUT2D eigenvalue weighted by Crippen LogP contribution is -2.60. The molecule has 10 nitrogen and oxygen atoms in total. The van der Waals surface area contributed by atoms with Gasteiger partial charge in [0.05, 0.1) is 19.3 Å². The normalized spacial score (nSPS) is 35.0. The molecule has 1 aliphatic rings. The molecule has 0 aromatic carbocycles. The van der Waals surface area contributed by atoms with Crippen molar-refractivity contribution in [3.8, 4) is 0 Å². The van der Waals surface area contributed by atoms with Crippen LogP contribution in [0.4, 0.5) is 0 Å². The Balaban J connectivity index is 2.97. The number of aliphatic hydroxyl groups excluding tert-OH is 8. The van der Waals surface area contributed by atoms with E-state index in [2.05, 4.69) is 0 Å². The van der Waals surface area contributed by atoms with Gasteiger partial charge >= 0.3 is 0 Å². The molecule has 0 amide bonds. The summed E-state index contributed by atoms with van der Waals surface area (Å²) in [6, 6.07) is 0. The minimum absolute atomic E-state index is 0.165. The molecule has 8 N–H and O–H groups in total. The fourth-order valence-corrected chi connectivity index (χ4v) is 2.76. The molecule has 1 fully saturated rings. The Bertz CT molecular complexity index is 412. The third-order valence-electron chi connectivity index (χ3n) is 4.28. The van der Waals surface area contributed by atoms with Crippen molar-refractivity contribution in [3.05, 3.63) is 0 Å². The van der Waals surface area contributed by atoms with Crippen molar-refractivity contribution >= 4 is 0 Å². The lowest BCUT2D eigenvalue weighted by molar-refractivity contribution is -0.322. The van der Waals surface area contributed by atoms with E-state index in [4.69, 9.17) is 14.6 Å². The van der Waals surface area contributed by atoms with Gasteiger partial charge in [0, 0.05) is 0 Å². The molecule has 1 rings (SSSR count). The molecule has 0 unspecified atom stereocenters. The van der Waals surface area contributed by atoms with Gasteiger partial charge in [0.2, 0.25) is 0 Å². The molecule has 156 valence electrons. The standard InChI is InChI=1S/C16H32O10/c1-16(2,3)4-8(11(21)10(20)7(19)5-17)25-15-14(24)13(23)12(22)9(6-18)26-15/h7-15,17-24H,4-6H2,1-3H3/t7-,8+,9-,10+,11-,12+,13+,14-,15+/m1/s1. The Hall–Kier alpha value is -0.400. The van der Waals surface area contributed by atoms with Crippen LogP contribution < -0.4 is 0 Å². The van der Waals surface area contributed by atoms with E-state index in [0.717, 1.165) is 0 Å². The molecule has 1 saturated heterocycles. The molecule has 0 aromatic heterocycles. The Morgan fingerprint density at radius 3 is 1.96 bits per heavy atom. The van der Waals surface area contributed by atoms with Gasteiger partial charge in [0.15, 0.2) is 6.29 Å². The van der Waals surface area contributed by atoms with Crippen molar-refractivity contribution in [1.82, 2.24) is 0 Å². The van der Waals surface area contributed by atoms with Gasteiger partial charge in [-0.3, -0.25) is 0 Å². The maximum Gasteiger partial charge on any atom is 0.187 e. The van der Waals surface area contributed by atoms with E-state index in [1.165, 1.54) is 0 Å². The van der Waals surface area contributed by atoms with Gasteiger partial charge in [0.25, 0.3) is 0 Å². The smallest absolute Gasteiger partial charge is 0.187 e. The van der Waals surface area contributed by atoms with Gasteiger partial charge in [-0.25, -0.2) is 0 Å². The second kappa shape index (κ2) is 9.69. The maximum absolute atomic E-state index is 10.4. The zero-order valence-corrected chi connectivity index (χ0v) is 15.2. The van der Waals surface area contributed by atoms with Gasteiger partial charge in [-0.05, 0) is 11.8 Å². The number of hydrogen-bond acceptors (Lipinski definition) is 10. The van der Waals surface area contributed by atoms with Crippen molar-refractivity contribution < 1.29 is 50.3 Å². The predicted octanol–water partition coefficient (Wildman–Crippen LogP) is -3.32. The van der Waals surface area contributed by atoms with Gasteiger partial charge in [-0.1, -0.05) is 20.8 Å². The third-order valence-corrected chi connectivity index (χ3v) is 4.28. The van der Waals surface area contributed by atoms with Crippen molar-refractivity contribution in [2.45, 2.75) is 82.3 Å². The molecule has 1 aliphatic heterocycles. The van der Waals surface area contributed by atoms with Gasteiger partial charge in [-0.2, -0.15) is 0 Å². The van der Waals surface area contributed by atoms with Crippen LogP contribution >= 0.6 is 0 Å². The van der Waals surface area contributed by atoms with E-state index in [1.807, 2.05) is 20.8 Å². The fraction of sp³-hybridized carbons (Fsp3) is 1.00. The highest BCUT2D eigenvalue weighted by Gasteiger charge is 2.46. The van der Waals surface area contributed by atoms with E-state index < -0.39 is 73.8 Å². The first-order chi connectivity index (χ1) is 11.9. The van der Waals surface area contributed by atoms with Crippen LogP contribution in [0.3, 0.4) is 0 Å². The first-order valence-corrected chi connectivity index (χ1v) is 8.54. The van der Waals surface area contributed by atoms with Crippen LogP contribution in [-0.4, -0.2) is 109 Å². The first-order valence-electron chi connectivity index (χ1n) is 8.54. The quantitative estimate of drug-likeness (QED) is 0.211. The van der Waals surface area contributed by atoms with Crippen LogP contribution in [0.1, 0.15) is 27.2 Å². The topological polar surface area (TPSA) is 180 Å². The summed E-state index contributed by atoms with van der Waals surface area (Å²) in [5.41, 5.74) is -0.399. The molecule has 10 heteroatoms. The van der Waals surface area contributed by atoms with Crippen LogP contribution in [0.15, 0.2) is 0 Å². The average molecular weight is 384 g/mol. The molecule has 26 heavy (non-hydrogen) atoms. The Morgan fingerprint density at radius 1 is 0.923 bits per heavy atom.